The number of ether oxygens (including phenoxy) is 2. The summed E-state index contributed by atoms with van der Waals surface area (Å²) in [4.78, 5) is 10.2. The molecule has 1 unspecified atom stereocenters. The molecule has 1 aliphatic rings. The fraction of sp³-hybridized carbons (Fsp3) is 0.857. The molecule has 1 heterocycles. The van der Waals surface area contributed by atoms with Gasteiger partial charge in [0.05, 0.1) is 5.60 Å². The van der Waals surface area contributed by atoms with Crippen molar-refractivity contribution in [3.05, 3.63) is 0 Å². The molecule has 0 spiro atoms. The molecule has 1 atom stereocenters. The van der Waals surface area contributed by atoms with Gasteiger partial charge in [0.25, 0.3) is 0 Å². The van der Waals surface area contributed by atoms with Gasteiger partial charge < -0.3 is 15.2 Å². The Bertz CT molecular complexity index is 152. The summed E-state index contributed by atoms with van der Waals surface area (Å²) in [5.41, 5.74) is 4.52. The van der Waals surface area contributed by atoms with E-state index in [1.165, 1.54) is 0 Å². The number of nitrogens with two attached hydrogens (primary N) is 1. The van der Waals surface area contributed by atoms with E-state index in [-0.39, 0.29) is 12.2 Å². The second kappa shape index (κ2) is 3.09. The third-order valence-electron chi connectivity index (χ3n) is 1.82. The molecule has 2 N–H and O–H groups in total. The van der Waals surface area contributed by atoms with Crippen LogP contribution in [0.1, 0.15) is 19.8 Å². The Labute approximate surface area is 65.7 Å². The lowest BCUT2D eigenvalue weighted by atomic mass is 10.1. The molecule has 1 aliphatic heterocycles. The monoisotopic (exact) mass is 159 g/mol. The first kappa shape index (κ1) is 8.33. The van der Waals surface area contributed by atoms with Gasteiger partial charge in [-0.1, -0.05) is 0 Å². The highest BCUT2D eigenvalue weighted by Gasteiger charge is 2.30. The van der Waals surface area contributed by atoms with Crippen LogP contribution in [-0.4, -0.2) is 24.9 Å². The van der Waals surface area contributed by atoms with Gasteiger partial charge in [-0.2, -0.15) is 0 Å². The van der Waals surface area contributed by atoms with Crippen LogP contribution in [0, 0.1) is 0 Å². The normalized spacial score (nSPS) is 30.3. The zero-order valence-electron chi connectivity index (χ0n) is 6.63. The largest absolute Gasteiger partial charge is 0.447 e. The van der Waals surface area contributed by atoms with Gasteiger partial charge in [-0.05, 0) is 19.8 Å². The van der Waals surface area contributed by atoms with Gasteiger partial charge in [0.15, 0.2) is 0 Å². The fourth-order valence-corrected chi connectivity index (χ4v) is 1.17. The van der Waals surface area contributed by atoms with Crippen LogP contribution in [0.5, 0.6) is 0 Å². The van der Waals surface area contributed by atoms with E-state index in [1.54, 1.807) is 0 Å². The van der Waals surface area contributed by atoms with E-state index in [0.717, 1.165) is 19.4 Å². The molecule has 11 heavy (non-hydrogen) atoms. The molecule has 4 heteroatoms. The molecule has 1 amide bonds. The molecule has 1 fully saturated rings. The lowest BCUT2D eigenvalue weighted by Crippen LogP contribution is -2.32. The molecular formula is C7H13NO3. The first-order valence-electron chi connectivity index (χ1n) is 3.69. The number of hydrogen-bond donors (Lipinski definition) is 1. The minimum atomic E-state index is -0.735. The molecule has 0 aromatic carbocycles. The molecule has 0 radical (unpaired) electrons. The van der Waals surface area contributed by atoms with E-state index in [2.05, 4.69) is 4.74 Å². The zero-order valence-corrected chi connectivity index (χ0v) is 6.63. The van der Waals surface area contributed by atoms with Crippen LogP contribution in [0.4, 0.5) is 4.79 Å². The summed E-state index contributed by atoms with van der Waals surface area (Å²) >= 11 is 0. The van der Waals surface area contributed by atoms with Crippen molar-refractivity contribution in [1.82, 2.24) is 0 Å². The van der Waals surface area contributed by atoms with E-state index in [4.69, 9.17) is 10.5 Å². The zero-order chi connectivity index (χ0) is 8.32. The van der Waals surface area contributed by atoms with Gasteiger partial charge in [0, 0.05) is 6.61 Å². The standard InChI is InChI=1S/C7H13NO3/c1-7(3-2-4-11-7)5-10-6(8)9/h2-5H2,1H3,(H2,8,9). The summed E-state index contributed by atoms with van der Waals surface area (Å²) in [6.07, 6.45) is 1.22. The van der Waals surface area contributed by atoms with E-state index >= 15 is 0 Å². The van der Waals surface area contributed by atoms with E-state index in [1.807, 2.05) is 6.92 Å². The van der Waals surface area contributed by atoms with Crippen LogP contribution < -0.4 is 5.73 Å². The number of hydrogen-bond acceptors (Lipinski definition) is 3. The van der Waals surface area contributed by atoms with Crippen molar-refractivity contribution in [2.45, 2.75) is 25.4 Å². The predicted octanol–water partition coefficient (Wildman–Crippen LogP) is 0.651. The Morgan fingerprint density at radius 2 is 2.55 bits per heavy atom. The van der Waals surface area contributed by atoms with Crippen LogP contribution >= 0.6 is 0 Å². The van der Waals surface area contributed by atoms with Crippen molar-refractivity contribution in [1.29, 1.82) is 0 Å². The van der Waals surface area contributed by atoms with Gasteiger partial charge in [-0.3, -0.25) is 0 Å². The maximum atomic E-state index is 10.2. The van der Waals surface area contributed by atoms with Crippen molar-refractivity contribution < 1.29 is 14.3 Å². The topological polar surface area (TPSA) is 61.5 Å². The summed E-state index contributed by atoms with van der Waals surface area (Å²) in [6, 6.07) is 0. The summed E-state index contributed by atoms with van der Waals surface area (Å²) < 4.78 is 10.0. The van der Waals surface area contributed by atoms with Gasteiger partial charge >= 0.3 is 6.09 Å². The number of carbonyl (C=O) groups is 1. The lowest BCUT2D eigenvalue weighted by Gasteiger charge is -2.21. The molecule has 0 aliphatic carbocycles. The molecule has 0 bridgehead atoms. The molecule has 0 aromatic heterocycles. The van der Waals surface area contributed by atoms with Crippen molar-refractivity contribution in [3.8, 4) is 0 Å². The maximum Gasteiger partial charge on any atom is 0.404 e. The molecule has 1 rings (SSSR count). The van der Waals surface area contributed by atoms with E-state index in [0.29, 0.717) is 0 Å². The van der Waals surface area contributed by atoms with Crippen LogP contribution in [0.25, 0.3) is 0 Å². The molecule has 4 nitrogen and oxygen atoms in total. The Morgan fingerprint density at radius 3 is 3.00 bits per heavy atom. The Morgan fingerprint density at radius 1 is 1.82 bits per heavy atom. The maximum absolute atomic E-state index is 10.2. The summed E-state index contributed by atoms with van der Waals surface area (Å²) in [6.45, 7) is 2.93. The molecular weight excluding hydrogens is 146 g/mol. The van der Waals surface area contributed by atoms with Crippen LogP contribution in [-0.2, 0) is 9.47 Å². The predicted molar refractivity (Wildman–Crippen MR) is 39.1 cm³/mol. The van der Waals surface area contributed by atoms with E-state index < -0.39 is 6.09 Å². The van der Waals surface area contributed by atoms with Gasteiger partial charge in [0.2, 0.25) is 0 Å². The highest BCUT2D eigenvalue weighted by molar-refractivity contribution is 5.64. The van der Waals surface area contributed by atoms with Crippen molar-refractivity contribution in [2.75, 3.05) is 13.2 Å². The third-order valence-corrected chi connectivity index (χ3v) is 1.82. The third kappa shape index (κ3) is 2.38. The SMILES string of the molecule is CC1(COC(N)=O)CCCO1. The Kier molecular flexibility index (Phi) is 2.34. The first-order chi connectivity index (χ1) is 5.12. The number of carbonyl (C=O) groups excluding carboxylic acids is 1. The minimum absolute atomic E-state index is 0.266. The van der Waals surface area contributed by atoms with Crippen molar-refractivity contribution in [3.63, 3.8) is 0 Å². The van der Waals surface area contributed by atoms with Crippen LogP contribution in [0.2, 0.25) is 0 Å². The average molecular weight is 159 g/mol. The Hall–Kier alpha value is -0.770. The lowest BCUT2D eigenvalue weighted by molar-refractivity contribution is -0.0280. The summed E-state index contributed by atoms with van der Waals surface area (Å²) in [7, 11) is 0. The molecule has 1 saturated heterocycles. The summed E-state index contributed by atoms with van der Waals surface area (Å²) in [5.74, 6) is 0. The smallest absolute Gasteiger partial charge is 0.404 e. The van der Waals surface area contributed by atoms with Gasteiger partial charge in [0.1, 0.15) is 6.61 Å². The first-order valence-corrected chi connectivity index (χ1v) is 3.69. The summed E-state index contributed by atoms with van der Waals surface area (Å²) in [5, 5.41) is 0. The van der Waals surface area contributed by atoms with Crippen LogP contribution in [0.15, 0.2) is 0 Å². The number of primary amides is 1. The van der Waals surface area contributed by atoms with Crippen molar-refractivity contribution >= 4 is 6.09 Å². The highest BCUT2D eigenvalue weighted by Crippen LogP contribution is 2.24. The quantitative estimate of drug-likeness (QED) is 0.643. The molecule has 0 saturated carbocycles. The molecule has 64 valence electrons. The highest BCUT2D eigenvalue weighted by atomic mass is 16.6. The second-order valence-corrected chi connectivity index (χ2v) is 3.01. The van der Waals surface area contributed by atoms with Crippen LogP contribution in [0.3, 0.4) is 0 Å². The number of amides is 1. The molecule has 0 aromatic rings. The van der Waals surface area contributed by atoms with Gasteiger partial charge in [-0.25, -0.2) is 4.79 Å². The average Bonchev–Trinajstić information content (AvgIpc) is 2.33. The second-order valence-electron chi connectivity index (χ2n) is 3.01. The Balaban J connectivity index is 2.28. The van der Waals surface area contributed by atoms with Crippen molar-refractivity contribution in [2.24, 2.45) is 5.73 Å². The minimum Gasteiger partial charge on any atom is -0.447 e. The van der Waals surface area contributed by atoms with E-state index in [9.17, 15) is 4.79 Å². The fourth-order valence-electron chi connectivity index (χ4n) is 1.17. The number of rotatable bonds is 2. The van der Waals surface area contributed by atoms with Gasteiger partial charge in [-0.15, -0.1) is 0 Å².